The van der Waals surface area contributed by atoms with E-state index in [2.05, 4.69) is 9.47 Å². The first kappa shape index (κ1) is 28.1. The number of nitrogens with zero attached hydrogens (tertiary/aromatic N) is 4. The van der Waals surface area contributed by atoms with Crippen LogP contribution in [-0.4, -0.2) is 50.6 Å². The van der Waals surface area contributed by atoms with Gasteiger partial charge in [-0.15, -0.1) is 0 Å². The van der Waals surface area contributed by atoms with Crippen LogP contribution >= 0.6 is 0 Å². The molecular weight excluding hydrogens is 424 g/mol. The minimum atomic E-state index is -1.03. The van der Waals surface area contributed by atoms with Crippen molar-refractivity contribution >= 4 is 11.9 Å². The van der Waals surface area contributed by atoms with Gasteiger partial charge in [-0.3, -0.25) is 0 Å². The van der Waals surface area contributed by atoms with Crippen LogP contribution in [0.3, 0.4) is 0 Å². The second kappa shape index (κ2) is 20.4. The molecule has 0 aromatic heterocycles. The van der Waals surface area contributed by atoms with Gasteiger partial charge in [-0.1, -0.05) is 0 Å². The zero-order valence-corrected chi connectivity index (χ0v) is 17.7. The zero-order valence-electron chi connectivity index (χ0n) is 17.7. The van der Waals surface area contributed by atoms with Gasteiger partial charge in [0.25, 0.3) is 25.0 Å². The molecule has 0 N–H and O–H groups in total. The predicted molar refractivity (Wildman–Crippen MR) is 103 cm³/mol. The average Bonchev–Trinajstić information content (AvgIpc) is 2.79. The summed E-state index contributed by atoms with van der Waals surface area (Å²) in [6, 6.07) is 0. The molecule has 0 saturated heterocycles. The predicted octanol–water partition coefficient (Wildman–Crippen LogP) is 1.92. The summed E-state index contributed by atoms with van der Waals surface area (Å²) in [6.07, 6.45) is 7.37. The monoisotopic (exact) mass is 450 g/mol. The first-order chi connectivity index (χ1) is 15.6. The summed E-state index contributed by atoms with van der Waals surface area (Å²) in [5.74, 6) is -1.35. The van der Waals surface area contributed by atoms with Crippen molar-refractivity contribution in [3.05, 3.63) is 0 Å². The Balaban J connectivity index is 4.05. The van der Waals surface area contributed by atoms with Crippen molar-refractivity contribution in [1.29, 1.82) is 21.0 Å². The van der Waals surface area contributed by atoms with Crippen LogP contribution in [0.2, 0.25) is 0 Å². The SMILES string of the molecule is N#COCCCCC(OC#N)C(=O)OCCCCOC(=O)C(CCCCOC#N)OC#N. The van der Waals surface area contributed by atoms with Crippen molar-refractivity contribution in [2.45, 2.75) is 63.6 Å². The van der Waals surface area contributed by atoms with E-state index in [1.165, 1.54) is 12.5 Å². The Labute approximate surface area is 186 Å². The first-order valence-electron chi connectivity index (χ1n) is 10.0. The number of carbonyl (C=O) groups is 2. The van der Waals surface area contributed by atoms with Crippen molar-refractivity contribution < 1.29 is 38.0 Å². The molecule has 2 unspecified atom stereocenters. The summed E-state index contributed by atoms with van der Waals surface area (Å²) in [5.41, 5.74) is 0. The Morgan fingerprint density at radius 3 is 1.28 bits per heavy atom. The lowest BCUT2D eigenvalue weighted by molar-refractivity contribution is -0.156. The summed E-state index contributed by atoms with van der Waals surface area (Å²) >= 11 is 0. The van der Waals surface area contributed by atoms with Crippen LogP contribution in [0.4, 0.5) is 0 Å². The van der Waals surface area contributed by atoms with Gasteiger partial charge in [0.05, 0.1) is 13.2 Å². The van der Waals surface area contributed by atoms with Crippen LogP contribution in [-0.2, 0) is 38.0 Å². The van der Waals surface area contributed by atoms with Crippen LogP contribution in [0.5, 0.6) is 0 Å². The minimum absolute atomic E-state index is 0.0518. The Kier molecular flexibility index (Phi) is 17.9. The van der Waals surface area contributed by atoms with E-state index in [0.717, 1.165) is 0 Å². The second-order valence-electron chi connectivity index (χ2n) is 6.31. The lowest BCUT2D eigenvalue weighted by Crippen LogP contribution is -2.26. The molecule has 12 heteroatoms. The fourth-order valence-electron chi connectivity index (χ4n) is 2.41. The van der Waals surface area contributed by atoms with Gasteiger partial charge in [-0.2, -0.15) is 21.0 Å². The summed E-state index contributed by atoms with van der Waals surface area (Å²) in [5, 5.41) is 33.8. The van der Waals surface area contributed by atoms with Crippen molar-refractivity contribution in [1.82, 2.24) is 0 Å². The summed E-state index contributed by atoms with van der Waals surface area (Å²) in [7, 11) is 0. The third-order valence-corrected chi connectivity index (χ3v) is 4.00. The van der Waals surface area contributed by atoms with Crippen molar-refractivity contribution in [3.63, 3.8) is 0 Å². The van der Waals surface area contributed by atoms with Crippen LogP contribution in [0.1, 0.15) is 51.4 Å². The molecule has 0 radical (unpaired) electrons. The largest absolute Gasteiger partial charge is 0.463 e. The van der Waals surface area contributed by atoms with E-state index in [-0.39, 0.29) is 39.3 Å². The molecule has 0 spiro atoms. The molecule has 174 valence electrons. The van der Waals surface area contributed by atoms with Gasteiger partial charge in [0.15, 0.2) is 0 Å². The maximum atomic E-state index is 12.0. The number of rotatable bonds is 19. The fraction of sp³-hybridized carbons (Fsp3) is 0.700. The Morgan fingerprint density at radius 2 is 0.938 bits per heavy atom. The standard InChI is InChI=1S/C20H26N4O8/c21-13-27-9-3-1-7-17(31-15-23)19(25)29-11-5-6-12-30-20(26)18(32-16-24)8-2-4-10-28-14-22/h17-18H,1-12H2. The van der Waals surface area contributed by atoms with Gasteiger partial charge in [0.1, 0.15) is 13.2 Å². The number of carbonyl (C=O) groups excluding carboxylic acids is 2. The molecule has 0 aromatic rings. The molecule has 0 heterocycles. The molecule has 0 fully saturated rings. The van der Waals surface area contributed by atoms with Gasteiger partial charge < -0.3 is 28.4 Å². The first-order valence-corrected chi connectivity index (χ1v) is 10.0. The van der Waals surface area contributed by atoms with E-state index < -0.39 is 24.1 Å². The number of esters is 2. The zero-order chi connectivity index (χ0) is 23.9. The highest BCUT2D eigenvalue weighted by Crippen LogP contribution is 2.09. The Hall–Kier alpha value is -3.90. The second-order valence-corrected chi connectivity index (χ2v) is 6.31. The quantitative estimate of drug-likeness (QED) is 0.158. The molecule has 0 rings (SSSR count). The lowest BCUT2D eigenvalue weighted by Gasteiger charge is -2.14. The maximum Gasteiger partial charge on any atom is 0.348 e. The Bertz CT molecular complexity index is 644. The van der Waals surface area contributed by atoms with E-state index in [9.17, 15) is 9.59 Å². The number of nitriles is 4. The molecule has 32 heavy (non-hydrogen) atoms. The van der Waals surface area contributed by atoms with E-state index in [1.54, 1.807) is 12.5 Å². The average molecular weight is 450 g/mol. The molecule has 0 bridgehead atoms. The molecule has 0 aromatic carbocycles. The van der Waals surface area contributed by atoms with Gasteiger partial charge >= 0.3 is 11.9 Å². The van der Waals surface area contributed by atoms with Crippen LogP contribution in [0.15, 0.2) is 0 Å². The minimum Gasteiger partial charge on any atom is -0.463 e. The van der Waals surface area contributed by atoms with Crippen LogP contribution < -0.4 is 0 Å². The van der Waals surface area contributed by atoms with Gasteiger partial charge in [-0.25, -0.2) is 9.59 Å². The van der Waals surface area contributed by atoms with E-state index in [4.69, 9.17) is 40.0 Å². The topological polar surface area (TPSA) is 185 Å². The molecule has 12 nitrogen and oxygen atoms in total. The smallest absolute Gasteiger partial charge is 0.348 e. The van der Waals surface area contributed by atoms with E-state index in [0.29, 0.717) is 38.5 Å². The highest BCUT2D eigenvalue weighted by molar-refractivity contribution is 5.75. The summed E-state index contributed by atoms with van der Waals surface area (Å²) in [4.78, 5) is 24.0. The highest BCUT2D eigenvalue weighted by atomic mass is 16.6. The van der Waals surface area contributed by atoms with Gasteiger partial charge in [-0.05, 0) is 51.4 Å². The van der Waals surface area contributed by atoms with Gasteiger partial charge in [0, 0.05) is 0 Å². The number of unbranched alkanes of at least 4 members (excludes halogenated alkanes) is 3. The lowest BCUT2D eigenvalue weighted by atomic mass is 10.1. The molecular formula is C20H26N4O8. The molecule has 2 atom stereocenters. The molecule has 0 aliphatic carbocycles. The maximum absolute atomic E-state index is 12.0. The van der Waals surface area contributed by atoms with E-state index >= 15 is 0 Å². The number of hydrogen-bond donors (Lipinski definition) is 0. The summed E-state index contributed by atoms with van der Waals surface area (Å²) < 4.78 is 28.6. The number of hydrogen-bond acceptors (Lipinski definition) is 12. The third kappa shape index (κ3) is 15.0. The molecule has 0 amide bonds. The van der Waals surface area contributed by atoms with Gasteiger partial charge in [0.2, 0.25) is 12.2 Å². The molecule has 0 aliphatic heterocycles. The van der Waals surface area contributed by atoms with Crippen molar-refractivity contribution in [2.75, 3.05) is 26.4 Å². The molecule has 0 saturated carbocycles. The molecule has 0 aliphatic rings. The van der Waals surface area contributed by atoms with Crippen molar-refractivity contribution in [2.24, 2.45) is 0 Å². The summed E-state index contributed by atoms with van der Waals surface area (Å²) in [6.45, 7) is 0.547. The Morgan fingerprint density at radius 1 is 0.562 bits per heavy atom. The normalized spacial score (nSPS) is 11.2. The van der Waals surface area contributed by atoms with Crippen LogP contribution in [0, 0.1) is 46.1 Å². The van der Waals surface area contributed by atoms with Crippen molar-refractivity contribution in [3.8, 4) is 25.0 Å². The highest BCUT2D eigenvalue weighted by Gasteiger charge is 2.22. The van der Waals surface area contributed by atoms with E-state index in [1.807, 2.05) is 0 Å². The van der Waals surface area contributed by atoms with Crippen LogP contribution in [0.25, 0.3) is 0 Å². The third-order valence-electron chi connectivity index (χ3n) is 4.00. The fourth-order valence-corrected chi connectivity index (χ4v) is 2.41. The number of ether oxygens (including phenoxy) is 6.